The van der Waals surface area contributed by atoms with Gasteiger partial charge in [-0.1, -0.05) is 6.07 Å². The molecule has 1 atom stereocenters. The lowest BCUT2D eigenvalue weighted by atomic mass is 9.75. The third-order valence-corrected chi connectivity index (χ3v) is 8.77. The molecule has 1 amide bonds. The zero-order chi connectivity index (χ0) is 30.1. The zero-order valence-electron chi connectivity index (χ0n) is 25.0. The molecule has 4 aromatic rings. The SMILES string of the molecule is CO[C@]1(C(=O)N[C@@H](C)c2ccc(-n3cc(F)cn3)nc2)CC[C@H](c2nc(Nc3cc(C)[nH]n3)cc3c2N(C)CCC3)CC1. The first kappa shape index (κ1) is 28.8. The molecule has 11 nitrogen and oxygen atoms in total. The molecule has 1 aliphatic carbocycles. The van der Waals surface area contributed by atoms with E-state index in [0.717, 1.165) is 67.0 Å². The van der Waals surface area contributed by atoms with Gasteiger partial charge in [-0.05, 0) is 75.6 Å². The van der Waals surface area contributed by atoms with Gasteiger partial charge in [0, 0.05) is 44.6 Å². The van der Waals surface area contributed by atoms with Crippen LogP contribution in [0.2, 0.25) is 0 Å². The molecule has 226 valence electrons. The lowest BCUT2D eigenvalue weighted by Gasteiger charge is -2.40. The number of anilines is 3. The highest BCUT2D eigenvalue weighted by Crippen LogP contribution is 2.44. The Bertz CT molecular complexity index is 1590. The van der Waals surface area contributed by atoms with Gasteiger partial charge in [0.2, 0.25) is 0 Å². The lowest BCUT2D eigenvalue weighted by Crippen LogP contribution is -2.51. The van der Waals surface area contributed by atoms with E-state index in [1.165, 1.54) is 22.1 Å². The van der Waals surface area contributed by atoms with Gasteiger partial charge in [-0.15, -0.1) is 0 Å². The highest BCUT2D eigenvalue weighted by atomic mass is 19.1. The van der Waals surface area contributed by atoms with E-state index < -0.39 is 11.4 Å². The first-order valence-corrected chi connectivity index (χ1v) is 14.8. The molecule has 1 aliphatic heterocycles. The average Bonchev–Trinajstić information content (AvgIpc) is 3.64. The van der Waals surface area contributed by atoms with Crippen LogP contribution in [0, 0.1) is 12.7 Å². The molecule has 0 spiro atoms. The number of H-pyrrole nitrogens is 1. The van der Waals surface area contributed by atoms with Gasteiger partial charge in [-0.25, -0.2) is 19.0 Å². The number of halogens is 1. The Morgan fingerprint density at radius 3 is 2.67 bits per heavy atom. The summed E-state index contributed by atoms with van der Waals surface area (Å²) >= 11 is 0. The maximum atomic E-state index is 13.7. The van der Waals surface area contributed by atoms with Crippen molar-refractivity contribution in [1.29, 1.82) is 0 Å². The quantitative estimate of drug-likeness (QED) is 0.266. The fourth-order valence-electron chi connectivity index (χ4n) is 6.33. The van der Waals surface area contributed by atoms with Crippen molar-refractivity contribution in [3.8, 4) is 5.82 Å². The second-order valence-electron chi connectivity index (χ2n) is 11.7. The Hall–Kier alpha value is -4.32. The first-order chi connectivity index (χ1) is 20.7. The summed E-state index contributed by atoms with van der Waals surface area (Å²) in [7, 11) is 3.76. The molecule has 0 radical (unpaired) electrons. The molecule has 3 N–H and O–H groups in total. The smallest absolute Gasteiger partial charge is 0.252 e. The van der Waals surface area contributed by atoms with Crippen molar-refractivity contribution in [2.24, 2.45) is 0 Å². The van der Waals surface area contributed by atoms with Crippen molar-refractivity contribution < 1.29 is 13.9 Å². The standard InChI is InChI=1S/C31H38FN9O2/c1-19-14-26(39-38-19)36-25-15-22-6-5-13-40(3)29(22)28(37-25)21-9-11-31(43-4,12-10-21)30(42)35-20(2)23-7-8-27(33-16-23)41-18-24(32)17-34-41/h7-8,14-18,20-21H,5-6,9-13H2,1-4H3,(H,35,42)(H2,36,37,38,39)/t20-,21-,31+/m0/s1. The Kier molecular flexibility index (Phi) is 7.87. The molecule has 0 unspecified atom stereocenters. The van der Waals surface area contributed by atoms with Crippen LogP contribution in [0.4, 0.5) is 21.7 Å². The average molecular weight is 588 g/mol. The second kappa shape index (κ2) is 11.8. The normalized spacial score (nSPS) is 20.9. The molecule has 1 fully saturated rings. The number of hydrogen-bond acceptors (Lipinski definition) is 8. The Balaban J connectivity index is 1.16. The Morgan fingerprint density at radius 2 is 2.02 bits per heavy atom. The summed E-state index contributed by atoms with van der Waals surface area (Å²) in [4.78, 5) is 25.5. The highest BCUT2D eigenvalue weighted by molar-refractivity contribution is 5.85. The van der Waals surface area contributed by atoms with Gasteiger partial charge in [0.05, 0.1) is 29.8 Å². The lowest BCUT2D eigenvalue weighted by molar-refractivity contribution is -0.148. The third-order valence-electron chi connectivity index (χ3n) is 8.77. The van der Waals surface area contributed by atoms with Crippen LogP contribution in [0.25, 0.3) is 5.82 Å². The minimum atomic E-state index is -0.918. The van der Waals surface area contributed by atoms with E-state index in [9.17, 15) is 9.18 Å². The van der Waals surface area contributed by atoms with E-state index in [1.807, 2.05) is 26.0 Å². The zero-order valence-corrected chi connectivity index (χ0v) is 25.0. The van der Waals surface area contributed by atoms with Crippen LogP contribution in [0.5, 0.6) is 0 Å². The molecule has 4 aromatic heterocycles. The second-order valence-corrected chi connectivity index (χ2v) is 11.7. The molecular weight excluding hydrogens is 549 g/mol. The van der Waals surface area contributed by atoms with E-state index >= 15 is 0 Å². The number of carbonyl (C=O) groups excluding carboxylic acids is 1. The van der Waals surface area contributed by atoms with Crippen LogP contribution < -0.4 is 15.5 Å². The summed E-state index contributed by atoms with van der Waals surface area (Å²) in [6.45, 7) is 4.89. The van der Waals surface area contributed by atoms with Gasteiger partial charge >= 0.3 is 0 Å². The molecule has 1 saturated carbocycles. The minimum absolute atomic E-state index is 0.129. The monoisotopic (exact) mass is 587 g/mol. The number of hydrogen-bond donors (Lipinski definition) is 3. The maximum Gasteiger partial charge on any atom is 0.252 e. The van der Waals surface area contributed by atoms with Crippen molar-refractivity contribution in [3.63, 3.8) is 0 Å². The summed E-state index contributed by atoms with van der Waals surface area (Å²) in [5, 5.41) is 17.8. The Labute approximate surface area is 250 Å². The topological polar surface area (TPSA) is 126 Å². The van der Waals surface area contributed by atoms with Crippen LogP contribution in [0.15, 0.2) is 42.9 Å². The summed E-state index contributed by atoms with van der Waals surface area (Å²) in [5.41, 5.74) is 4.49. The number of amides is 1. The molecule has 0 bridgehead atoms. The summed E-state index contributed by atoms with van der Waals surface area (Å²) < 4.78 is 20.7. The molecule has 6 rings (SSSR count). The number of carbonyl (C=O) groups is 1. The van der Waals surface area contributed by atoms with E-state index in [0.29, 0.717) is 18.7 Å². The predicted octanol–water partition coefficient (Wildman–Crippen LogP) is 4.88. The number of pyridine rings is 2. The van der Waals surface area contributed by atoms with Gasteiger partial charge in [-0.3, -0.25) is 9.89 Å². The fourth-order valence-corrected chi connectivity index (χ4v) is 6.33. The molecule has 0 saturated heterocycles. The van der Waals surface area contributed by atoms with Gasteiger partial charge in [0.1, 0.15) is 11.4 Å². The molecule has 12 heteroatoms. The number of nitrogens with one attached hydrogen (secondary N) is 3. The third kappa shape index (κ3) is 5.83. The molecule has 2 aliphatic rings. The number of rotatable bonds is 8. The predicted molar refractivity (Wildman–Crippen MR) is 161 cm³/mol. The maximum absolute atomic E-state index is 13.7. The van der Waals surface area contributed by atoms with Crippen molar-refractivity contribution >= 4 is 23.2 Å². The summed E-state index contributed by atoms with van der Waals surface area (Å²) in [6.07, 6.45) is 8.92. The van der Waals surface area contributed by atoms with Gasteiger partial charge in [0.25, 0.3) is 5.91 Å². The highest BCUT2D eigenvalue weighted by Gasteiger charge is 2.44. The number of fused-ring (bicyclic) bond motifs is 1. The van der Waals surface area contributed by atoms with Crippen LogP contribution in [0.1, 0.15) is 73.5 Å². The number of aromatic nitrogens is 6. The van der Waals surface area contributed by atoms with Crippen molar-refractivity contribution in [1.82, 2.24) is 35.3 Å². The van der Waals surface area contributed by atoms with E-state index in [2.05, 4.69) is 48.9 Å². The number of methoxy groups -OCH3 is 1. The van der Waals surface area contributed by atoms with Crippen LogP contribution in [0.3, 0.4) is 0 Å². The van der Waals surface area contributed by atoms with Gasteiger partial charge in [0.15, 0.2) is 17.5 Å². The van der Waals surface area contributed by atoms with Crippen LogP contribution in [-0.2, 0) is 16.0 Å². The van der Waals surface area contributed by atoms with Gasteiger partial charge in [-0.2, -0.15) is 10.2 Å². The van der Waals surface area contributed by atoms with Crippen LogP contribution in [-0.4, -0.2) is 62.2 Å². The van der Waals surface area contributed by atoms with E-state index in [-0.39, 0.29) is 17.9 Å². The first-order valence-electron chi connectivity index (χ1n) is 14.8. The summed E-state index contributed by atoms with van der Waals surface area (Å²) in [6, 6.07) is 7.43. The molecule has 43 heavy (non-hydrogen) atoms. The summed E-state index contributed by atoms with van der Waals surface area (Å²) in [5.74, 6) is 1.68. The molecule has 5 heterocycles. The van der Waals surface area contributed by atoms with Gasteiger partial charge < -0.3 is 20.3 Å². The number of ether oxygens (including phenoxy) is 1. The van der Waals surface area contributed by atoms with Crippen molar-refractivity contribution in [2.45, 2.75) is 69.9 Å². The van der Waals surface area contributed by atoms with Crippen molar-refractivity contribution in [3.05, 3.63) is 71.2 Å². The number of aryl methyl sites for hydroxylation is 2. The van der Waals surface area contributed by atoms with Crippen LogP contribution >= 0.6 is 0 Å². The van der Waals surface area contributed by atoms with E-state index in [1.54, 1.807) is 19.4 Å². The fraction of sp³-hybridized carbons (Fsp3) is 0.452. The van der Waals surface area contributed by atoms with E-state index in [4.69, 9.17) is 9.72 Å². The van der Waals surface area contributed by atoms with Crippen molar-refractivity contribution in [2.75, 3.05) is 30.9 Å². The minimum Gasteiger partial charge on any atom is -0.373 e. The number of aromatic amines is 1. The number of nitrogens with zero attached hydrogens (tertiary/aromatic N) is 6. The Morgan fingerprint density at radius 1 is 1.21 bits per heavy atom. The molecule has 0 aromatic carbocycles. The largest absolute Gasteiger partial charge is 0.373 e. The molecular formula is C31H38FN9O2.